The maximum absolute atomic E-state index is 12.8. The summed E-state index contributed by atoms with van der Waals surface area (Å²) in [5.41, 5.74) is 0. The predicted octanol–water partition coefficient (Wildman–Crippen LogP) is 16.4. The molecular weight excluding hydrogens is 799 g/mol. The number of likely N-dealkylation sites (N-methyl/N-ethyl adjacent to an activating group) is 1. The Kier molecular flexibility index (Phi) is 46.6. The van der Waals surface area contributed by atoms with Gasteiger partial charge in [0.2, 0.25) is 0 Å². The minimum absolute atomic E-state index is 0.0410. The van der Waals surface area contributed by atoms with Crippen molar-refractivity contribution in [3.63, 3.8) is 0 Å². The number of nitrogens with zero attached hydrogens (tertiary/aromatic N) is 1. The largest absolute Gasteiger partial charge is 0.477 e. The summed E-state index contributed by atoms with van der Waals surface area (Å²) in [6, 6.07) is -0.609. The van der Waals surface area contributed by atoms with Crippen LogP contribution in [0.2, 0.25) is 0 Å². The number of carbonyl (C=O) groups is 3. The number of unbranched alkanes of at least 4 members (excludes halogenated alkanes) is 38. The lowest BCUT2D eigenvalue weighted by Gasteiger charge is -2.31. The Morgan fingerprint density at radius 1 is 0.406 bits per heavy atom. The Bertz CT molecular complexity index is 1010. The summed E-state index contributed by atoms with van der Waals surface area (Å²) >= 11 is 0. The normalized spacial score (nSPS) is 12.7. The van der Waals surface area contributed by atoms with Crippen molar-refractivity contribution in [3.8, 4) is 0 Å². The maximum Gasteiger partial charge on any atom is 0.362 e. The summed E-state index contributed by atoms with van der Waals surface area (Å²) in [7, 11) is 5.56. The number of ether oxygens (including phenoxy) is 3. The summed E-state index contributed by atoms with van der Waals surface area (Å²) < 4.78 is 17.4. The molecule has 0 saturated carbocycles. The number of hydrogen-bond donors (Lipinski definition) is 1. The Morgan fingerprint density at radius 2 is 0.688 bits per heavy atom. The number of carboxylic acid groups (broad SMARTS) is 1. The van der Waals surface area contributed by atoms with Crippen LogP contribution < -0.4 is 0 Å². The number of hydrogen-bond acceptors (Lipinski definition) is 6. The van der Waals surface area contributed by atoms with Gasteiger partial charge in [-0.3, -0.25) is 9.59 Å². The Balaban J connectivity index is 4.12. The number of esters is 2. The molecule has 0 amide bonds. The van der Waals surface area contributed by atoms with Gasteiger partial charge in [0, 0.05) is 19.3 Å². The molecule has 0 heterocycles. The highest BCUT2D eigenvalue weighted by atomic mass is 16.6. The third kappa shape index (κ3) is 45.5. The Labute approximate surface area is 397 Å². The lowest BCUT2D eigenvalue weighted by molar-refractivity contribution is -0.887. The van der Waals surface area contributed by atoms with Gasteiger partial charge in [0.25, 0.3) is 0 Å². The molecule has 0 rings (SSSR count). The molecule has 0 aromatic heterocycles. The first kappa shape index (κ1) is 62.3. The quantitative estimate of drug-likeness (QED) is 0.0369. The van der Waals surface area contributed by atoms with Crippen LogP contribution >= 0.6 is 0 Å². The van der Waals surface area contributed by atoms with Crippen molar-refractivity contribution >= 4 is 17.9 Å². The first-order valence-electron chi connectivity index (χ1n) is 28.1. The van der Waals surface area contributed by atoms with Crippen molar-refractivity contribution in [2.75, 3.05) is 41.0 Å². The Hall–Kier alpha value is -1.67. The zero-order valence-electron chi connectivity index (χ0n) is 43.5. The first-order chi connectivity index (χ1) is 31.1. The standard InChI is InChI=1S/C56H109NO7/c1-6-8-10-12-14-16-18-20-22-24-26-27-28-29-31-32-34-36-38-40-42-44-46-54(58)63-51-52(50-62-49-48-53(56(60)61)57(3,4)5)64-55(59)47-45-43-41-39-37-35-33-30-25-23-21-19-17-15-13-11-9-7-2/h52-53H,6-51H2,1-5H3/p+1. The van der Waals surface area contributed by atoms with Gasteiger partial charge in [0.15, 0.2) is 12.1 Å². The molecule has 0 radical (unpaired) electrons. The molecular formula is C56H110NO7+. The molecule has 0 aliphatic carbocycles. The number of aliphatic carboxylic acids is 1. The van der Waals surface area contributed by atoms with Crippen molar-refractivity contribution in [1.82, 2.24) is 0 Å². The van der Waals surface area contributed by atoms with Crippen LogP contribution in [-0.4, -0.2) is 80.6 Å². The van der Waals surface area contributed by atoms with E-state index in [0.717, 1.165) is 38.5 Å². The van der Waals surface area contributed by atoms with Crippen LogP contribution in [-0.2, 0) is 28.6 Å². The van der Waals surface area contributed by atoms with Crippen LogP contribution in [0.5, 0.6) is 0 Å². The van der Waals surface area contributed by atoms with Crippen LogP contribution in [0, 0.1) is 0 Å². The van der Waals surface area contributed by atoms with Gasteiger partial charge < -0.3 is 23.8 Å². The fourth-order valence-corrected chi connectivity index (χ4v) is 8.92. The molecule has 8 nitrogen and oxygen atoms in total. The van der Waals surface area contributed by atoms with Gasteiger partial charge in [-0.05, 0) is 12.8 Å². The van der Waals surface area contributed by atoms with Crippen LogP contribution in [0.25, 0.3) is 0 Å². The SMILES string of the molecule is CCCCCCCCCCCCCCCCCCCCCCCCC(=O)OCC(COCCC(C(=O)O)[N+](C)(C)C)OC(=O)CCCCCCCCCCCCCCCCCCCC. The van der Waals surface area contributed by atoms with E-state index in [1.807, 2.05) is 21.1 Å². The molecule has 1 N–H and O–H groups in total. The van der Waals surface area contributed by atoms with E-state index < -0.39 is 18.1 Å². The molecule has 2 atom stereocenters. The van der Waals surface area contributed by atoms with Gasteiger partial charge in [0.1, 0.15) is 6.61 Å². The number of carboxylic acids is 1. The molecule has 0 aromatic carbocycles. The van der Waals surface area contributed by atoms with Crippen LogP contribution in [0.3, 0.4) is 0 Å². The summed E-state index contributed by atoms with van der Waals surface area (Å²) in [5.74, 6) is -1.43. The van der Waals surface area contributed by atoms with Gasteiger partial charge in [0.05, 0.1) is 34.4 Å². The molecule has 0 aliphatic heterocycles. The van der Waals surface area contributed by atoms with Crippen molar-refractivity contribution in [2.45, 2.75) is 302 Å². The van der Waals surface area contributed by atoms with Gasteiger partial charge in [-0.25, -0.2) is 4.79 Å². The minimum Gasteiger partial charge on any atom is -0.477 e. The molecule has 0 fully saturated rings. The van der Waals surface area contributed by atoms with E-state index >= 15 is 0 Å². The summed E-state index contributed by atoms with van der Waals surface area (Å²) in [6.07, 6.45) is 53.0. The fourth-order valence-electron chi connectivity index (χ4n) is 8.92. The highest BCUT2D eigenvalue weighted by Gasteiger charge is 2.31. The third-order valence-electron chi connectivity index (χ3n) is 13.3. The second-order valence-corrected chi connectivity index (χ2v) is 20.6. The van der Waals surface area contributed by atoms with Gasteiger partial charge in [-0.1, -0.05) is 258 Å². The molecule has 2 unspecified atom stereocenters. The second-order valence-electron chi connectivity index (χ2n) is 20.6. The minimum atomic E-state index is -0.868. The number of quaternary nitrogens is 1. The van der Waals surface area contributed by atoms with E-state index in [1.54, 1.807) is 0 Å². The number of carbonyl (C=O) groups excluding carboxylic acids is 2. The maximum atomic E-state index is 12.8. The van der Waals surface area contributed by atoms with E-state index in [4.69, 9.17) is 14.2 Å². The van der Waals surface area contributed by atoms with Gasteiger partial charge >= 0.3 is 17.9 Å². The zero-order valence-corrected chi connectivity index (χ0v) is 43.5. The van der Waals surface area contributed by atoms with E-state index in [1.165, 1.54) is 218 Å². The van der Waals surface area contributed by atoms with Crippen molar-refractivity contribution in [2.24, 2.45) is 0 Å². The summed E-state index contributed by atoms with van der Waals surface area (Å²) in [6.45, 7) is 4.81. The van der Waals surface area contributed by atoms with Crippen molar-refractivity contribution in [1.29, 1.82) is 0 Å². The predicted molar refractivity (Wildman–Crippen MR) is 271 cm³/mol. The molecule has 64 heavy (non-hydrogen) atoms. The highest BCUT2D eigenvalue weighted by Crippen LogP contribution is 2.18. The summed E-state index contributed by atoms with van der Waals surface area (Å²) in [4.78, 5) is 37.2. The fraction of sp³-hybridized carbons (Fsp3) is 0.946. The third-order valence-corrected chi connectivity index (χ3v) is 13.3. The van der Waals surface area contributed by atoms with Crippen LogP contribution in [0.15, 0.2) is 0 Å². The molecule has 0 aliphatic rings. The smallest absolute Gasteiger partial charge is 0.362 e. The van der Waals surface area contributed by atoms with Crippen molar-refractivity contribution in [3.05, 3.63) is 0 Å². The Morgan fingerprint density at radius 3 is 0.969 bits per heavy atom. The molecule has 8 heteroatoms. The lowest BCUT2D eigenvalue weighted by Crippen LogP contribution is -2.50. The average molecular weight is 909 g/mol. The monoisotopic (exact) mass is 909 g/mol. The average Bonchev–Trinajstić information content (AvgIpc) is 3.26. The van der Waals surface area contributed by atoms with Gasteiger partial charge in [-0.2, -0.15) is 0 Å². The van der Waals surface area contributed by atoms with E-state index in [9.17, 15) is 19.5 Å². The lowest BCUT2D eigenvalue weighted by atomic mass is 10.0. The van der Waals surface area contributed by atoms with E-state index in [-0.39, 0.29) is 36.2 Å². The second kappa shape index (κ2) is 47.8. The van der Waals surface area contributed by atoms with E-state index in [0.29, 0.717) is 19.3 Å². The zero-order chi connectivity index (χ0) is 47.0. The molecule has 380 valence electrons. The molecule has 0 aromatic rings. The molecule has 0 saturated heterocycles. The first-order valence-corrected chi connectivity index (χ1v) is 28.1. The highest BCUT2D eigenvalue weighted by molar-refractivity contribution is 5.72. The topological polar surface area (TPSA) is 99.1 Å². The van der Waals surface area contributed by atoms with Crippen LogP contribution in [0.1, 0.15) is 290 Å². The van der Waals surface area contributed by atoms with Gasteiger partial charge in [-0.15, -0.1) is 0 Å². The van der Waals surface area contributed by atoms with Crippen molar-refractivity contribution < 1.29 is 38.2 Å². The molecule has 0 spiro atoms. The molecule has 0 bridgehead atoms. The van der Waals surface area contributed by atoms with E-state index in [2.05, 4.69) is 13.8 Å². The summed E-state index contributed by atoms with van der Waals surface area (Å²) in [5, 5.41) is 9.67. The van der Waals surface area contributed by atoms with Crippen LogP contribution in [0.4, 0.5) is 0 Å². The number of rotatable bonds is 52.